The predicted molar refractivity (Wildman–Crippen MR) is 98.7 cm³/mol. The number of ether oxygens (including phenoxy) is 3. The van der Waals surface area contributed by atoms with Crippen LogP contribution in [0.5, 0.6) is 5.75 Å². The molecule has 0 bridgehead atoms. The highest BCUT2D eigenvalue weighted by molar-refractivity contribution is 6.06. The van der Waals surface area contributed by atoms with E-state index in [4.69, 9.17) is 18.6 Å². The number of furan rings is 1. The van der Waals surface area contributed by atoms with Gasteiger partial charge in [-0.15, -0.1) is 0 Å². The van der Waals surface area contributed by atoms with E-state index in [1.807, 2.05) is 24.3 Å². The molecule has 0 radical (unpaired) electrons. The zero-order valence-corrected chi connectivity index (χ0v) is 14.8. The number of amides is 1. The van der Waals surface area contributed by atoms with Crippen LogP contribution in [0.4, 0.5) is 5.69 Å². The number of hydrogen-bond acceptors (Lipinski definition) is 5. The van der Waals surface area contributed by atoms with Crippen LogP contribution in [0.25, 0.3) is 11.0 Å². The minimum atomic E-state index is -0.318. The molecule has 3 rings (SSSR count). The summed E-state index contributed by atoms with van der Waals surface area (Å²) in [6.45, 7) is 1.29. The first kappa shape index (κ1) is 18.0. The summed E-state index contributed by atoms with van der Waals surface area (Å²) in [6, 6.07) is 14.7. The van der Waals surface area contributed by atoms with E-state index >= 15 is 0 Å². The number of para-hydroxylation sites is 1. The Hall–Kier alpha value is -2.83. The van der Waals surface area contributed by atoms with Crippen LogP contribution < -0.4 is 10.1 Å². The second-order valence-corrected chi connectivity index (χ2v) is 5.66. The molecule has 0 saturated carbocycles. The van der Waals surface area contributed by atoms with Crippen molar-refractivity contribution >= 4 is 22.6 Å². The number of benzene rings is 2. The minimum absolute atomic E-state index is 0.258. The zero-order valence-electron chi connectivity index (χ0n) is 14.8. The number of methoxy groups -OCH3 is 2. The van der Waals surface area contributed by atoms with Gasteiger partial charge in [0.25, 0.3) is 5.91 Å². The average Bonchev–Trinajstić information content (AvgIpc) is 3.03. The highest BCUT2D eigenvalue weighted by Crippen LogP contribution is 2.27. The molecule has 0 fully saturated rings. The number of rotatable bonds is 8. The number of carbonyl (C=O) groups excluding carboxylic acids is 1. The number of carbonyl (C=O) groups is 1. The van der Waals surface area contributed by atoms with Gasteiger partial charge in [0, 0.05) is 30.9 Å². The molecule has 2 aromatic carbocycles. The fourth-order valence-electron chi connectivity index (χ4n) is 2.64. The zero-order chi connectivity index (χ0) is 18.4. The Morgan fingerprint density at radius 1 is 1.00 bits per heavy atom. The molecule has 0 aliphatic carbocycles. The lowest BCUT2D eigenvalue weighted by Crippen LogP contribution is -2.13. The van der Waals surface area contributed by atoms with Gasteiger partial charge in [-0.05, 0) is 30.3 Å². The SMILES string of the molecule is COCCOc1ccc(NC(=O)c2oc3ccccc3c2COC)cc1. The third-order valence-electron chi connectivity index (χ3n) is 3.86. The molecule has 0 aliphatic rings. The monoisotopic (exact) mass is 355 g/mol. The summed E-state index contributed by atoms with van der Waals surface area (Å²) in [6.07, 6.45) is 0. The van der Waals surface area contributed by atoms with E-state index in [1.165, 1.54) is 0 Å². The largest absolute Gasteiger partial charge is 0.491 e. The van der Waals surface area contributed by atoms with E-state index in [2.05, 4.69) is 5.32 Å². The van der Waals surface area contributed by atoms with Crippen molar-refractivity contribution in [1.29, 1.82) is 0 Å². The quantitative estimate of drug-likeness (QED) is 0.622. The summed E-state index contributed by atoms with van der Waals surface area (Å²) in [5.41, 5.74) is 2.05. The molecule has 6 nitrogen and oxygen atoms in total. The van der Waals surface area contributed by atoms with Crippen LogP contribution in [0, 0.1) is 0 Å². The normalized spacial score (nSPS) is 10.8. The van der Waals surface area contributed by atoms with Crippen molar-refractivity contribution in [1.82, 2.24) is 0 Å². The van der Waals surface area contributed by atoms with Crippen LogP contribution in [0.15, 0.2) is 52.9 Å². The molecule has 0 atom stereocenters. The molecular weight excluding hydrogens is 334 g/mol. The van der Waals surface area contributed by atoms with Gasteiger partial charge in [0.2, 0.25) is 0 Å². The van der Waals surface area contributed by atoms with Crippen molar-refractivity contribution in [3.63, 3.8) is 0 Å². The first-order valence-electron chi connectivity index (χ1n) is 8.25. The third kappa shape index (κ3) is 4.04. The first-order chi connectivity index (χ1) is 12.7. The Kier molecular flexibility index (Phi) is 5.88. The second kappa shape index (κ2) is 8.51. The Labute approximate surface area is 151 Å². The lowest BCUT2D eigenvalue weighted by atomic mass is 10.1. The Morgan fingerprint density at radius 3 is 2.50 bits per heavy atom. The van der Waals surface area contributed by atoms with E-state index in [-0.39, 0.29) is 11.7 Å². The van der Waals surface area contributed by atoms with E-state index in [0.29, 0.717) is 36.8 Å². The van der Waals surface area contributed by atoms with Gasteiger partial charge < -0.3 is 23.9 Å². The maximum Gasteiger partial charge on any atom is 0.291 e. The van der Waals surface area contributed by atoms with Gasteiger partial charge in [-0.2, -0.15) is 0 Å². The maximum absolute atomic E-state index is 12.7. The summed E-state index contributed by atoms with van der Waals surface area (Å²) in [5.74, 6) is 0.652. The fraction of sp³-hybridized carbons (Fsp3) is 0.250. The maximum atomic E-state index is 12.7. The van der Waals surface area contributed by atoms with Crippen molar-refractivity contribution in [3.8, 4) is 5.75 Å². The molecular formula is C20H21NO5. The van der Waals surface area contributed by atoms with E-state index in [0.717, 1.165) is 10.9 Å². The van der Waals surface area contributed by atoms with Gasteiger partial charge >= 0.3 is 0 Å². The molecule has 136 valence electrons. The van der Waals surface area contributed by atoms with Crippen LogP contribution in [-0.4, -0.2) is 33.3 Å². The molecule has 0 spiro atoms. The molecule has 0 saturated heterocycles. The molecule has 26 heavy (non-hydrogen) atoms. The van der Waals surface area contributed by atoms with Crippen molar-refractivity contribution in [2.45, 2.75) is 6.61 Å². The molecule has 1 amide bonds. The lowest BCUT2D eigenvalue weighted by Gasteiger charge is -2.08. The Bertz CT molecular complexity index is 870. The minimum Gasteiger partial charge on any atom is -0.491 e. The number of nitrogens with one attached hydrogen (secondary N) is 1. The van der Waals surface area contributed by atoms with Crippen LogP contribution in [0.2, 0.25) is 0 Å². The average molecular weight is 355 g/mol. The smallest absolute Gasteiger partial charge is 0.291 e. The highest BCUT2D eigenvalue weighted by Gasteiger charge is 2.20. The standard InChI is InChI=1S/C20H21NO5/c1-23-11-12-25-15-9-7-14(8-10-15)21-20(22)19-17(13-24-2)16-5-3-4-6-18(16)26-19/h3-10H,11-13H2,1-2H3,(H,21,22). The van der Waals surface area contributed by atoms with Gasteiger partial charge in [-0.1, -0.05) is 18.2 Å². The van der Waals surface area contributed by atoms with Crippen LogP contribution in [0.3, 0.4) is 0 Å². The van der Waals surface area contributed by atoms with Gasteiger partial charge in [-0.25, -0.2) is 0 Å². The summed E-state index contributed by atoms with van der Waals surface area (Å²) >= 11 is 0. The fourth-order valence-corrected chi connectivity index (χ4v) is 2.64. The Balaban J connectivity index is 1.75. The lowest BCUT2D eigenvalue weighted by molar-refractivity contribution is 0.0992. The van der Waals surface area contributed by atoms with Crippen molar-refractivity contribution in [2.75, 3.05) is 32.8 Å². The Morgan fingerprint density at radius 2 is 1.77 bits per heavy atom. The molecule has 3 aromatic rings. The van der Waals surface area contributed by atoms with Crippen molar-refractivity contribution < 1.29 is 23.4 Å². The number of anilines is 1. The van der Waals surface area contributed by atoms with E-state index in [1.54, 1.807) is 38.5 Å². The van der Waals surface area contributed by atoms with Crippen LogP contribution in [-0.2, 0) is 16.1 Å². The van der Waals surface area contributed by atoms with E-state index < -0.39 is 0 Å². The summed E-state index contributed by atoms with van der Waals surface area (Å²) < 4.78 is 21.4. The highest BCUT2D eigenvalue weighted by atomic mass is 16.5. The molecule has 1 N–H and O–H groups in total. The molecule has 1 heterocycles. The summed E-state index contributed by atoms with van der Waals surface area (Å²) in [4.78, 5) is 12.7. The van der Waals surface area contributed by atoms with Gasteiger partial charge in [0.15, 0.2) is 5.76 Å². The number of fused-ring (bicyclic) bond motifs is 1. The van der Waals surface area contributed by atoms with Crippen LogP contribution >= 0.6 is 0 Å². The summed E-state index contributed by atoms with van der Waals surface area (Å²) in [7, 11) is 3.21. The van der Waals surface area contributed by atoms with Gasteiger partial charge in [-0.3, -0.25) is 4.79 Å². The molecule has 0 unspecified atom stereocenters. The topological polar surface area (TPSA) is 69.9 Å². The molecule has 1 aromatic heterocycles. The van der Waals surface area contributed by atoms with Crippen molar-refractivity contribution in [2.24, 2.45) is 0 Å². The first-order valence-corrected chi connectivity index (χ1v) is 8.25. The van der Waals surface area contributed by atoms with Gasteiger partial charge in [0.1, 0.15) is 17.9 Å². The number of hydrogen-bond donors (Lipinski definition) is 1. The molecule has 0 aliphatic heterocycles. The summed E-state index contributed by atoms with van der Waals surface area (Å²) in [5, 5.41) is 3.72. The predicted octanol–water partition coefficient (Wildman–Crippen LogP) is 3.86. The van der Waals surface area contributed by atoms with E-state index in [9.17, 15) is 4.79 Å². The third-order valence-corrected chi connectivity index (χ3v) is 3.86. The van der Waals surface area contributed by atoms with Crippen LogP contribution in [0.1, 0.15) is 16.1 Å². The van der Waals surface area contributed by atoms with Gasteiger partial charge in [0.05, 0.1) is 13.2 Å². The molecule has 6 heteroatoms. The second-order valence-electron chi connectivity index (χ2n) is 5.66. The van der Waals surface area contributed by atoms with Crippen molar-refractivity contribution in [3.05, 3.63) is 59.9 Å².